The molecular formula is C15H23NO3. The Morgan fingerprint density at radius 1 is 1.37 bits per heavy atom. The van der Waals surface area contributed by atoms with Crippen molar-refractivity contribution in [3.8, 4) is 0 Å². The summed E-state index contributed by atoms with van der Waals surface area (Å²) in [6, 6.07) is 9.58. The third-order valence-corrected chi connectivity index (χ3v) is 2.84. The van der Waals surface area contributed by atoms with Crippen LogP contribution in [0.2, 0.25) is 0 Å². The van der Waals surface area contributed by atoms with Gasteiger partial charge in [-0.25, -0.2) is 0 Å². The van der Waals surface area contributed by atoms with E-state index >= 15 is 0 Å². The number of ether oxygens (including phenoxy) is 1. The number of rotatable bonds is 10. The smallest absolute Gasteiger partial charge is 0.320 e. The van der Waals surface area contributed by atoms with Gasteiger partial charge in [-0.05, 0) is 24.9 Å². The molecule has 0 heterocycles. The van der Waals surface area contributed by atoms with Crippen LogP contribution in [0, 0.1) is 0 Å². The molecule has 0 amide bonds. The van der Waals surface area contributed by atoms with Crippen molar-refractivity contribution in [3.05, 3.63) is 35.9 Å². The first-order valence-corrected chi connectivity index (χ1v) is 6.82. The average Bonchev–Trinajstić information content (AvgIpc) is 2.42. The van der Waals surface area contributed by atoms with E-state index in [-0.39, 0.29) is 0 Å². The molecule has 1 aromatic rings. The molecule has 0 radical (unpaired) electrons. The van der Waals surface area contributed by atoms with Crippen molar-refractivity contribution < 1.29 is 14.6 Å². The summed E-state index contributed by atoms with van der Waals surface area (Å²) in [6.45, 7) is 3.91. The van der Waals surface area contributed by atoms with E-state index in [1.54, 1.807) is 0 Å². The first-order chi connectivity index (χ1) is 9.24. The topological polar surface area (TPSA) is 58.6 Å². The average molecular weight is 265 g/mol. The molecule has 1 atom stereocenters. The molecule has 0 spiro atoms. The first kappa shape index (κ1) is 15.7. The minimum atomic E-state index is -0.771. The predicted octanol–water partition coefficient (Wildman–Crippen LogP) is 2.44. The van der Waals surface area contributed by atoms with E-state index in [4.69, 9.17) is 9.84 Å². The second kappa shape index (κ2) is 9.53. The quantitative estimate of drug-likeness (QED) is 0.638. The van der Waals surface area contributed by atoms with E-state index in [1.807, 2.05) is 37.3 Å². The van der Waals surface area contributed by atoms with Gasteiger partial charge < -0.3 is 15.2 Å². The second-order valence-corrected chi connectivity index (χ2v) is 4.53. The number of nitrogens with one attached hydrogen (secondary N) is 1. The maximum atomic E-state index is 10.9. The predicted molar refractivity (Wildman–Crippen MR) is 75.0 cm³/mol. The van der Waals surface area contributed by atoms with Crippen molar-refractivity contribution in [2.75, 3.05) is 13.2 Å². The highest BCUT2D eigenvalue weighted by atomic mass is 16.5. The molecule has 1 rings (SSSR count). The van der Waals surface area contributed by atoms with Crippen molar-refractivity contribution in [1.29, 1.82) is 0 Å². The zero-order valence-corrected chi connectivity index (χ0v) is 11.5. The highest BCUT2D eigenvalue weighted by Crippen LogP contribution is 2.01. The Labute approximate surface area is 114 Å². The van der Waals surface area contributed by atoms with E-state index in [2.05, 4.69) is 5.32 Å². The summed E-state index contributed by atoms with van der Waals surface area (Å²) in [5, 5.41) is 12.0. The van der Waals surface area contributed by atoms with Crippen LogP contribution in [0.25, 0.3) is 0 Å². The fourth-order valence-corrected chi connectivity index (χ4v) is 1.82. The summed E-state index contributed by atoms with van der Waals surface area (Å²) in [6.07, 6.45) is 2.36. The maximum Gasteiger partial charge on any atom is 0.320 e. The molecule has 0 fully saturated rings. The molecular weight excluding hydrogens is 242 g/mol. The van der Waals surface area contributed by atoms with Gasteiger partial charge in [0.1, 0.15) is 6.04 Å². The van der Waals surface area contributed by atoms with E-state index in [9.17, 15) is 4.79 Å². The van der Waals surface area contributed by atoms with Crippen LogP contribution in [0.5, 0.6) is 0 Å². The van der Waals surface area contributed by atoms with E-state index in [0.717, 1.165) is 18.4 Å². The van der Waals surface area contributed by atoms with Gasteiger partial charge in [-0.15, -0.1) is 0 Å². The highest BCUT2D eigenvalue weighted by molar-refractivity contribution is 5.73. The molecule has 0 saturated heterocycles. The molecule has 19 heavy (non-hydrogen) atoms. The van der Waals surface area contributed by atoms with Gasteiger partial charge in [0.25, 0.3) is 0 Å². The number of hydrogen-bond acceptors (Lipinski definition) is 3. The largest absolute Gasteiger partial charge is 0.480 e. The normalized spacial score (nSPS) is 12.3. The molecule has 106 valence electrons. The molecule has 4 nitrogen and oxygen atoms in total. The Morgan fingerprint density at radius 2 is 2.11 bits per heavy atom. The van der Waals surface area contributed by atoms with Crippen molar-refractivity contribution in [2.45, 2.75) is 38.8 Å². The second-order valence-electron chi connectivity index (χ2n) is 4.53. The van der Waals surface area contributed by atoms with Crippen LogP contribution in [-0.4, -0.2) is 30.3 Å². The van der Waals surface area contributed by atoms with Gasteiger partial charge in [0.2, 0.25) is 0 Å². The van der Waals surface area contributed by atoms with Gasteiger partial charge in [-0.2, -0.15) is 0 Å². The molecule has 0 bridgehead atoms. The number of benzene rings is 1. The lowest BCUT2D eigenvalue weighted by molar-refractivity contribution is -0.139. The Bertz CT molecular complexity index is 354. The van der Waals surface area contributed by atoms with E-state index in [0.29, 0.717) is 26.2 Å². The minimum Gasteiger partial charge on any atom is -0.480 e. The van der Waals surface area contributed by atoms with Crippen LogP contribution in [0.3, 0.4) is 0 Å². The minimum absolute atomic E-state index is 0.431. The lowest BCUT2D eigenvalue weighted by Crippen LogP contribution is -2.37. The molecule has 4 heteroatoms. The van der Waals surface area contributed by atoms with Crippen molar-refractivity contribution >= 4 is 5.97 Å². The Hall–Kier alpha value is -1.39. The number of aliphatic carboxylic acids is 1. The van der Waals surface area contributed by atoms with E-state index < -0.39 is 12.0 Å². The van der Waals surface area contributed by atoms with Gasteiger partial charge >= 0.3 is 5.97 Å². The standard InChI is InChI=1S/C15H23NO3/c1-2-7-14(15(17)18)16-10-6-11-19-12-13-8-4-3-5-9-13/h3-5,8-9,14,16H,2,6-7,10-12H2,1H3,(H,17,18). The molecule has 0 aliphatic carbocycles. The first-order valence-electron chi connectivity index (χ1n) is 6.82. The number of carbonyl (C=O) groups is 1. The van der Waals surface area contributed by atoms with Crippen LogP contribution in [0.1, 0.15) is 31.7 Å². The summed E-state index contributed by atoms with van der Waals surface area (Å²) in [5.41, 5.74) is 1.16. The molecule has 0 aromatic heterocycles. The summed E-state index contributed by atoms with van der Waals surface area (Å²) in [7, 11) is 0. The highest BCUT2D eigenvalue weighted by Gasteiger charge is 2.14. The Morgan fingerprint density at radius 3 is 2.74 bits per heavy atom. The van der Waals surface area contributed by atoms with Gasteiger partial charge in [0, 0.05) is 6.61 Å². The molecule has 0 aliphatic rings. The third-order valence-electron chi connectivity index (χ3n) is 2.84. The summed E-state index contributed by atoms with van der Waals surface area (Å²) in [5.74, 6) is -0.771. The summed E-state index contributed by atoms with van der Waals surface area (Å²) >= 11 is 0. The third kappa shape index (κ3) is 6.94. The van der Waals surface area contributed by atoms with Crippen LogP contribution >= 0.6 is 0 Å². The molecule has 2 N–H and O–H groups in total. The summed E-state index contributed by atoms with van der Waals surface area (Å²) in [4.78, 5) is 10.9. The van der Waals surface area contributed by atoms with Crippen molar-refractivity contribution in [2.24, 2.45) is 0 Å². The SMILES string of the molecule is CCCC(NCCCOCc1ccccc1)C(=O)O. The van der Waals surface area contributed by atoms with Crippen LogP contribution in [0.4, 0.5) is 0 Å². The van der Waals surface area contributed by atoms with Gasteiger partial charge in [0.15, 0.2) is 0 Å². The van der Waals surface area contributed by atoms with Crippen LogP contribution in [0.15, 0.2) is 30.3 Å². The monoisotopic (exact) mass is 265 g/mol. The molecule has 0 saturated carbocycles. The van der Waals surface area contributed by atoms with Gasteiger partial charge in [0.05, 0.1) is 6.61 Å². The van der Waals surface area contributed by atoms with Crippen molar-refractivity contribution in [1.82, 2.24) is 5.32 Å². The lowest BCUT2D eigenvalue weighted by Gasteiger charge is -2.13. The molecule has 1 unspecified atom stereocenters. The maximum absolute atomic E-state index is 10.9. The molecule has 1 aromatic carbocycles. The van der Waals surface area contributed by atoms with Crippen molar-refractivity contribution in [3.63, 3.8) is 0 Å². The van der Waals surface area contributed by atoms with Gasteiger partial charge in [-0.3, -0.25) is 4.79 Å². The van der Waals surface area contributed by atoms with Crippen LogP contribution < -0.4 is 5.32 Å². The zero-order valence-electron chi connectivity index (χ0n) is 11.5. The fraction of sp³-hybridized carbons (Fsp3) is 0.533. The lowest BCUT2D eigenvalue weighted by atomic mass is 10.1. The van der Waals surface area contributed by atoms with Gasteiger partial charge in [-0.1, -0.05) is 43.7 Å². The number of carboxylic acids is 1. The zero-order chi connectivity index (χ0) is 13.9. The summed E-state index contributed by atoms with van der Waals surface area (Å²) < 4.78 is 5.53. The Kier molecular flexibility index (Phi) is 7.86. The van der Waals surface area contributed by atoms with Crippen LogP contribution in [-0.2, 0) is 16.1 Å². The van der Waals surface area contributed by atoms with E-state index in [1.165, 1.54) is 0 Å². The Balaban J connectivity index is 2.06. The number of hydrogen-bond donors (Lipinski definition) is 2. The number of carboxylic acid groups (broad SMARTS) is 1. The fourth-order valence-electron chi connectivity index (χ4n) is 1.82. The molecule has 0 aliphatic heterocycles.